The number of hydrogen-bond acceptors (Lipinski definition) is 4. The van der Waals surface area contributed by atoms with Crippen LogP contribution in [0.5, 0.6) is 0 Å². The third-order valence-corrected chi connectivity index (χ3v) is 6.99. The molecule has 156 valence electrons. The van der Waals surface area contributed by atoms with Gasteiger partial charge in [0.05, 0.1) is 5.70 Å². The molecule has 1 aromatic rings. The summed E-state index contributed by atoms with van der Waals surface area (Å²) in [6.45, 7) is 1.52. The maximum absolute atomic E-state index is 13.1. The number of carbonyl (C=O) groups is 2. The first-order chi connectivity index (χ1) is 14.2. The largest absolute Gasteiger partial charge is 0.379 e. The Morgan fingerprint density at radius 1 is 1.14 bits per heavy atom. The summed E-state index contributed by atoms with van der Waals surface area (Å²) in [5, 5.41) is 15.8. The topological polar surface area (TPSA) is 69.6 Å². The number of piperidine rings is 1. The summed E-state index contributed by atoms with van der Waals surface area (Å²) in [5.74, 6) is -0.844. The molecule has 4 rings (SSSR count). The van der Waals surface area contributed by atoms with Crippen molar-refractivity contribution in [3.63, 3.8) is 0 Å². The van der Waals surface area contributed by atoms with Gasteiger partial charge in [0.15, 0.2) is 0 Å². The van der Waals surface area contributed by atoms with Crippen molar-refractivity contribution in [2.45, 2.75) is 63.0 Å². The summed E-state index contributed by atoms with van der Waals surface area (Å²) in [5.41, 5.74) is 0.123. The molecular weight excluding hydrogens is 364 g/mol. The van der Waals surface area contributed by atoms with Crippen LogP contribution in [0.2, 0.25) is 0 Å². The second kappa shape index (κ2) is 8.80. The van der Waals surface area contributed by atoms with E-state index < -0.39 is 17.4 Å². The fourth-order valence-corrected chi connectivity index (χ4v) is 5.46. The molecule has 2 fully saturated rings. The Bertz CT molecular complexity index is 755. The standard InChI is InChI=1S/C24H32N2O3/c27-17-19(21-12-6-2-8-14-25-21)20-16-23(28)26-15-9-3-7-13-22(26)24(20,29)18-10-4-1-5-11-18/h1,4-5,10-11,13,17,19-21,25,29H,2-3,6-9,12,14-16H2. The molecule has 1 amide bonds. The number of nitrogens with zero attached hydrogens (tertiary/aromatic N) is 1. The molecule has 0 saturated carbocycles. The van der Waals surface area contributed by atoms with Gasteiger partial charge in [0, 0.05) is 30.8 Å². The quantitative estimate of drug-likeness (QED) is 0.767. The molecule has 0 bridgehead atoms. The maximum atomic E-state index is 13.1. The van der Waals surface area contributed by atoms with E-state index in [0.717, 1.165) is 63.3 Å². The molecule has 3 aliphatic rings. The first-order valence-corrected chi connectivity index (χ1v) is 11.1. The zero-order chi connectivity index (χ0) is 20.3. The van der Waals surface area contributed by atoms with E-state index in [1.165, 1.54) is 0 Å². The van der Waals surface area contributed by atoms with Gasteiger partial charge in [-0.15, -0.1) is 0 Å². The molecule has 3 aliphatic heterocycles. The first kappa shape index (κ1) is 20.3. The van der Waals surface area contributed by atoms with Gasteiger partial charge in [-0.05, 0) is 44.2 Å². The third kappa shape index (κ3) is 3.78. The van der Waals surface area contributed by atoms with Crippen LogP contribution in [0.15, 0.2) is 42.1 Å². The number of rotatable bonds is 4. The highest BCUT2D eigenvalue weighted by Gasteiger charge is 2.54. The highest BCUT2D eigenvalue weighted by Crippen LogP contribution is 2.49. The van der Waals surface area contributed by atoms with E-state index in [2.05, 4.69) is 5.32 Å². The fraction of sp³-hybridized carbons (Fsp3) is 0.583. The van der Waals surface area contributed by atoms with Crippen LogP contribution >= 0.6 is 0 Å². The van der Waals surface area contributed by atoms with E-state index in [1.54, 1.807) is 4.90 Å². The van der Waals surface area contributed by atoms with Gasteiger partial charge in [0.25, 0.3) is 0 Å². The molecule has 0 radical (unpaired) electrons. The normalized spacial score (nSPS) is 31.8. The zero-order valence-electron chi connectivity index (χ0n) is 17.1. The predicted molar refractivity (Wildman–Crippen MR) is 112 cm³/mol. The molecular formula is C24H32N2O3. The Hall–Kier alpha value is -1.98. The number of fused-ring (bicyclic) bond motifs is 1. The molecule has 4 atom stereocenters. The monoisotopic (exact) mass is 396 g/mol. The zero-order valence-corrected chi connectivity index (χ0v) is 17.1. The third-order valence-electron chi connectivity index (χ3n) is 6.99. The lowest BCUT2D eigenvalue weighted by Crippen LogP contribution is -2.57. The molecule has 1 aromatic carbocycles. The Morgan fingerprint density at radius 2 is 1.97 bits per heavy atom. The SMILES string of the molecule is O=CC(C1CCCCCN1)C1CC(=O)N2CCCCC=C2C1(O)c1ccccc1. The molecule has 0 aliphatic carbocycles. The summed E-state index contributed by atoms with van der Waals surface area (Å²) in [7, 11) is 0. The van der Waals surface area contributed by atoms with Crippen molar-refractivity contribution in [2.75, 3.05) is 13.1 Å². The number of aldehydes is 1. The van der Waals surface area contributed by atoms with Crippen molar-refractivity contribution in [1.82, 2.24) is 10.2 Å². The minimum absolute atomic E-state index is 0.000894. The Kier molecular flexibility index (Phi) is 6.16. The van der Waals surface area contributed by atoms with E-state index in [1.807, 2.05) is 36.4 Å². The summed E-state index contributed by atoms with van der Waals surface area (Å²) < 4.78 is 0. The number of amides is 1. The van der Waals surface area contributed by atoms with Crippen molar-refractivity contribution >= 4 is 12.2 Å². The predicted octanol–water partition coefficient (Wildman–Crippen LogP) is 3.14. The van der Waals surface area contributed by atoms with Gasteiger partial charge in [-0.2, -0.15) is 0 Å². The van der Waals surface area contributed by atoms with Crippen LogP contribution in [0.1, 0.15) is 56.9 Å². The lowest BCUT2D eigenvalue weighted by atomic mass is 9.66. The molecule has 2 N–H and O–H groups in total. The van der Waals surface area contributed by atoms with E-state index in [0.29, 0.717) is 12.2 Å². The second-order valence-corrected chi connectivity index (χ2v) is 8.70. The number of allylic oxidation sites excluding steroid dienone is 1. The van der Waals surface area contributed by atoms with Crippen molar-refractivity contribution < 1.29 is 14.7 Å². The number of nitrogens with one attached hydrogen (secondary N) is 1. The minimum Gasteiger partial charge on any atom is -0.379 e. The van der Waals surface area contributed by atoms with Crippen LogP contribution in [0.4, 0.5) is 0 Å². The highest BCUT2D eigenvalue weighted by molar-refractivity contribution is 5.82. The number of aliphatic hydroxyl groups is 1. The lowest BCUT2D eigenvalue weighted by molar-refractivity contribution is -0.148. The van der Waals surface area contributed by atoms with Gasteiger partial charge in [0.1, 0.15) is 11.9 Å². The smallest absolute Gasteiger partial charge is 0.227 e. The molecule has 5 nitrogen and oxygen atoms in total. The van der Waals surface area contributed by atoms with Gasteiger partial charge in [-0.3, -0.25) is 4.79 Å². The van der Waals surface area contributed by atoms with Gasteiger partial charge < -0.3 is 20.1 Å². The van der Waals surface area contributed by atoms with E-state index in [4.69, 9.17) is 0 Å². The summed E-state index contributed by atoms with van der Waals surface area (Å²) >= 11 is 0. The molecule has 0 aromatic heterocycles. The van der Waals surface area contributed by atoms with Gasteiger partial charge in [-0.25, -0.2) is 0 Å². The fourth-order valence-electron chi connectivity index (χ4n) is 5.46. The first-order valence-electron chi connectivity index (χ1n) is 11.1. The minimum atomic E-state index is -1.33. The molecule has 5 heteroatoms. The molecule has 3 heterocycles. The van der Waals surface area contributed by atoms with Crippen LogP contribution in [0, 0.1) is 11.8 Å². The Labute approximate surface area is 173 Å². The average molecular weight is 397 g/mol. The highest BCUT2D eigenvalue weighted by atomic mass is 16.3. The van der Waals surface area contributed by atoms with Gasteiger partial charge in [0.2, 0.25) is 5.91 Å². The van der Waals surface area contributed by atoms with Crippen LogP contribution in [0.25, 0.3) is 0 Å². The van der Waals surface area contributed by atoms with Crippen LogP contribution in [-0.2, 0) is 15.2 Å². The summed E-state index contributed by atoms with van der Waals surface area (Å²) in [4.78, 5) is 27.3. The molecule has 2 saturated heterocycles. The Balaban J connectivity index is 1.80. The summed E-state index contributed by atoms with van der Waals surface area (Å²) in [6.07, 6.45) is 10.2. The number of benzene rings is 1. The lowest BCUT2D eigenvalue weighted by Gasteiger charge is -2.49. The summed E-state index contributed by atoms with van der Waals surface area (Å²) in [6, 6.07) is 9.62. The van der Waals surface area contributed by atoms with Crippen LogP contribution < -0.4 is 5.32 Å². The van der Waals surface area contributed by atoms with E-state index in [9.17, 15) is 14.7 Å². The number of hydrogen-bond donors (Lipinski definition) is 2. The van der Waals surface area contributed by atoms with Crippen LogP contribution in [-0.4, -0.2) is 41.3 Å². The maximum Gasteiger partial charge on any atom is 0.227 e. The van der Waals surface area contributed by atoms with Crippen molar-refractivity contribution in [1.29, 1.82) is 0 Å². The van der Waals surface area contributed by atoms with Crippen LogP contribution in [0.3, 0.4) is 0 Å². The van der Waals surface area contributed by atoms with E-state index in [-0.39, 0.29) is 18.4 Å². The molecule has 0 spiro atoms. The van der Waals surface area contributed by atoms with Crippen molar-refractivity contribution in [3.05, 3.63) is 47.7 Å². The Morgan fingerprint density at radius 3 is 2.76 bits per heavy atom. The van der Waals surface area contributed by atoms with Gasteiger partial charge >= 0.3 is 0 Å². The molecule has 29 heavy (non-hydrogen) atoms. The van der Waals surface area contributed by atoms with Crippen molar-refractivity contribution in [2.24, 2.45) is 11.8 Å². The second-order valence-electron chi connectivity index (χ2n) is 8.70. The van der Waals surface area contributed by atoms with Crippen molar-refractivity contribution in [3.8, 4) is 0 Å². The number of carbonyl (C=O) groups excluding carboxylic acids is 2. The van der Waals surface area contributed by atoms with Gasteiger partial charge in [-0.1, -0.05) is 49.2 Å². The average Bonchev–Trinajstić information content (AvgIpc) is 3.17. The molecule has 4 unspecified atom stereocenters. The van der Waals surface area contributed by atoms with E-state index >= 15 is 0 Å².